The molecule has 0 radical (unpaired) electrons. The normalized spacial score (nSPS) is 11.9. The van der Waals surface area contributed by atoms with Gasteiger partial charge < -0.3 is 10.4 Å². The van der Waals surface area contributed by atoms with Gasteiger partial charge in [0.1, 0.15) is 5.82 Å². The van der Waals surface area contributed by atoms with Crippen molar-refractivity contribution in [2.45, 2.75) is 19.5 Å². The molecule has 0 saturated carbocycles. The molecule has 126 valence electrons. The van der Waals surface area contributed by atoms with Crippen LogP contribution in [0.3, 0.4) is 0 Å². The largest absolute Gasteiger partial charge is 0.453 e. The van der Waals surface area contributed by atoms with Crippen LogP contribution in [-0.2, 0) is 12.6 Å². The molecule has 2 N–H and O–H groups in total. The molecule has 6 nitrogen and oxygen atoms in total. The molecule has 0 unspecified atom stereocenters. The van der Waals surface area contributed by atoms with Crippen LogP contribution < -0.4 is 5.32 Å². The molecule has 0 atom stereocenters. The van der Waals surface area contributed by atoms with Crippen LogP contribution in [0.5, 0.6) is 0 Å². The van der Waals surface area contributed by atoms with Gasteiger partial charge in [-0.05, 0) is 31.0 Å². The molecular weight excluding hydrogens is 323 g/mol. The number of benzene rings is 1. The number of aliphatic hydroxyl groups is 1. The number of halogens is 3. The van der Waals surface area contributed by atoms with Gasteiger partial charge in [-0.15, -0.1) is 5.10 Å². The maximum atomic E-state index is 12.8. The van der Waals surface area contributed by atoms with Gasteiger partial charge in [-0.3, -0.25) is 0 Å². The van der Waals surface area contributed by atoms with Crippen LogP contribution in [0.1, 0.15) is 17.1 Å². The van der Waals surface area contributed by atoms with E-state index in [0.717, 1.165) is 10.1 Å². The molecule has 3 aromatic rings. The lowest BCUT2D eigenvalue weighted by Gasteiger charge is -2.09. The third-order valence-corrected chi connectivity index (χ3v) is 3.32. The second kappa shape index (κ2) is 6.08. The highest BCUT2D eigenvalue weighted by Crippen LogP contribution is 2.27. The molecule has 1 aromatic carbocycles. The summed E-state index contributed by atoms with van der Waals surface area (Å²) < 4.78 is 39.4. The van der Waals surface area contributed by atoms with E-state index < -0.39 is 12.0 Å². The van der Waals surface area contributed by atoms with Gasteiger partial charge in [0.15, 0.2) is 0 Å². The number of fused-ring (bicyclic) bond motifs is 1. The van der Waals surface area contributed by atoms with Gasteiger partial charge in [0.2, 0.25) is 0 Å². The summed E-state index contributed by atoms with van der Waals surface area (Å²) in [5.41, 5.74) is 2.15. The zero-order chi connectivity index (χ0) is 17.3. The molecule has 24 heavy (non-hydrogen) atoms. The molecule has 0 aliphatic rings. The van der Waals surface area contributed by atoms with E-state index in [4.69, 9.17) is 5.11 Å². The number of anilines is 2. The highest BCUT2D eigenvalue weighted by Gasteiger charge is 2.36. The third-order valence-electron chi connectivity index (χ3n) is 3.32. The highest BCUT2D eigenvalue weighted by atomic mass is 19.4. The number of hydrogen-bond acceptors (Lipinski definition) is 5. The number of nitrogens with one attached hydrogen (secondary N) is 1. The van der Waals surface area contributed by atoms with Crippen molar-refractivity contribution in [1.82, 2.24) is 19.6 Å². The number of alkyl halides is 3. The fourth-order valence-electron chi connectivity index (χ4n) is 2.23. The maximum Gasteiger partial charge on any atom is 0.453 e. The van der Waals surface area contributed by atoms with Crippen molar-refractivity contribution in [1.29, 1.82) is 0 Å². The standard InChI is InChI=1S/C15H14F3N5O/c1-9-8-12(20-11-4-2-10(3-5-11)6-7-24)23-14(19-9)21-13(22-23)15(16,17)18/h2-5,8,20,24H,6-7H2,1H3. The molecule has 0 amide bonds. The molecule has 0 aliphatic carbocycles. The minimum Gasteiger partial charge on any atom is -0.396 e. The van der Waals surface area contributed by atoms with Gasteiger partial charge in [0.25, 0.3) is 11.6 Å². The third kappa shape index (κ3) is 3.30. The van der Waals surface area contributed by atoms with E-state index in [1.165, 1.54) is 0 Å². The van der Waals surface area contributed by atoms with Gasteiger partial charge in [-0.25, -0.2) is 4.98 Å². The van der Waals surface area contributed by atoms with Gasteiger partial charge in [-0.2, -0.15) is 22.7 Å². The highest BCUT2D eigenvalue weighted by molar-refractivity contribution is 5.59. The molecular formula is C15H14F3N5O. The summed E-state index contributed by atoms with van der Waals surface area (Å²) in [6.07, 6.45) is -4.10. The predicted molar refractivity (Wildman–Crippen MR) is 81.0 cm³/mol. The number of rotatable bonds is 4. The lowest BCUT2D eigenvalue weighted by Crippen LogP contribution is -2.08. The van der Waals surface area contributed by atoms with Crippen LogP contribution in [0.4, 0.5) is 24.7 Å². The molecule has 0 spiro atoms. The van der Waals surface area contributed by atoms with Crippen LogP contribution in [0, 0.1) is 6.92 Å². The van der Waals surface area contributed by atoms with Crippen molar-refractivity contribution in [2.24, 2.45) is 0 Å². The Hall–Kier alpha value is -2.68. The second-order valence-corrected chi connectivity index (χ2v) is 5.22. The molecule has 0 aliphatic heterocycles. The first-order valence-corrected chi connectivity index (χ1v) is 7.15. The molecule has 0 bridgehead atoms. The summed E-state index contributed by atoms with van der Waals surface area (Å²) in [6.45, 7) is 1.72. The number of aromatic nitrogens is 4. The van der Waals surface area contributed by atoms with Crippen LogP contribution in [-0.4, -0.2) is 31.3 Å². The Balaban J connectivity index is 1.97. The smallest absolute Gasteiger partial charge is 0.396 e. The molecule has 3 rings (SSSR count). The van der Waals surface area contributed by atoms with E-state index in [9.17, 15) is 13.2 Å². The summed E-state index contributed by atoms with van der Waals surface area (Å²) >= 11 is 0. The zero-order valence-corrected chi connectivity index (χ0v) is 12.7. The zero-order valence-electron chi connectivity index (χ0n) is 12.7. The molecule has 0 fully saturated rings. The number of nitrogens with zero attached hydrogens (tertiary/aromatic N) is 4. The maximum absolute atomic E-state index is 12.8. The SMILES string of the molecule is Cc1cc(Nc2ccc(CCO)cc2)n2nc(C(F)(F)F)nc2n1. The van der Waals surface area contributed by atoms with E-state index in [1.807, 2.05) is 12.1 Å². The Kier molecular flexibility index (Phi) is 4.10. The van der Waals surface area contributed by atoms with Crippen LogP contribution in [0.25, 0.3) is 5.78 Å². The minimum absolute atomic E-state index is 0.0517. The van der Waals surface area contributed by atoms with Crippen molar-refractivity contribution >= 4 is 17.3 Å². The topological polar surface area (TPSA) is 75.3 Å². The number of aliphatic hydroxyl groups excluding tert-OH is 1. The van der Waals surface area contributed by atoms with E-state index in [2.05, 4.69) is 20.4 Å². The first kappa shape index (κ1) is 16.2. The van der Waals surface area contributed by atoms with Gasteiger partial charge in [0, 0.05) is 24.1 Å². The molecule has 9 heteroatoms. The van der Waals surface area contributed by atoms with Gasteiger partial charge in [-0.1, -0.05) is 12.1 Å². The van der Waals surface area contributed by atoms with Crippen LogP contribution in [0.2, 0.25) is 0 Å². The van der Waals surface area contributed by atoms with Gasteiger partial charge in [0.05, 0.1) is 0 Å². The Bertz CT molecular complexity index is 858. The minimum atomic E-state index is -4.63. The van der Waals surface area contributed by atoms with Crippen LogP contribution in [0.15, 0.2) is 30.3 Å². The summed E-state index contributed by atoms with van der Waals surface area (Å²) in [4.78, 5) is 7.41. The number of hydrogen-bond donors (Lipinski definition) is 2. The second-order valence-electron chi connectivity index (χ2n) is 5.22. The first-order chi connectivity index (χ1) is 11.4. The van der Waals surface area contributed by atoms with Crippen molar-refractivity contribution in [3.8, 4) is 0 Å². The lowest BCUT2D eigenvalue weighted by atomic mass is 10.1. The lowest BCUT2D eigenvalue weighted by molar-refractivity contribution is -0.144. The van der Waals surface area contributed by atoms with E-state index in [1.54, 1.807) is 25.1 Å². The summed E-state index contributed by atoms with van der Waals surface area (Å²) in [5.74, 6) is -1.03. The fraction of sp³-hybridized carbons (Fsp3) is 0.267. The van der Waals surface area contributed by atoms with Crippen LogP contribution >= 0.6 is 0 Å². The quantitative estimate of drug-likeness (QED) is 0.766. The van der Waals surface area contributed by atoms with E-state index in [-0.39, 0.29) is 12.4 Å². The van der Waals surface area contributed by atoms with Gasteiger partial charge >= 0.3 is 6.18 Å². The Labute approximate surface area is 135 Å². The van der Waals surface area contributed by atoms with Crippen molar-refractivity contribution in [2.75, 3.05) is 11.9 Å². The first-order valence-electron chi connectivity index (χ1n) is 7.15. The fourth-order valence-corrected chi connectivity index (χ4v) is 2.23. The average Bonchev–Trinajstić information content (AvgIpc) is 2.94. The molecule has 0 saturated heterocycles. The Morgan fingerprint density at radius 3 is 2.50 bits per heavy atom. The van der Waals surface area contributed by atoms with Crippen molar-refractivity contribution in [3.05, 3.63) is 47.4 Å². The average molecular weight is 337 g/mol. The van der Waals surface area contributed by atoms with Crippen molar-refractivity contribution < 1.29 is 18.3 Å². The van der Waals surface area contributed by atoms with E-state index in [0.29, 0.717) is 23.6 Å². The predicted octanol–water partition coefficient (Wildman–Crippen LogP) is 2.73. The Morgan fingerprint density at radius 1 is 1.17 bits per heavy atom. The summed E-state index contributed by atoms with van der Waals surface area (Å²) in [6, 6.07) is 8.78. The number of aryl methyl sites for hydroxylation is 1. The monoisotopic (exact) mass is 337 g/mol. The molecule has 2 heterocycles. The van der Waals surface area contributed by atoms with E-state index >= 15 is 0 Å². The summed E-state index contributed by atoms with van der Waals surface area (Å²) in [5, 5.41) is 15.4. The molecule has 2 aromatic heterocycles. The Morgan fingerprint density at radius 2 is 1.88 bits per heavy atom. The summed E-state index contributed by atoms with van der Waals surface area (Å²) in [7, 11) is 0. The van der Waals surface area contributed by atoms with Crippen molar-refractivity contribution in [3.63, 3.8) is 0 Å².